The first-order valence-corrected chi connectivity index (χ1v) is 8.08. The SMILES string of the molecule is CCC(=O)C12C(=O)C(C)CCC1C(C)CC2C=C(C)C. The van der Waals surface area contributed by atoms with Gasteiger partial charge in [0.1, 0.15) is 11.6 Å². The van der Waals surface area contributed by atoms with Crippen molar-refractivity contribution < 1.29 is 9.59 Å². The van der Waals surface area contributed by atoms with Gasteiger partial charge >= 0.3 is 0 Å². The van der Waals surface area contributed by atoms with Crippen molar-refractivity contribution in [3.8, 4) is 0 Å². The van der Waals surface area contributed by atoms with E-state index in [4.69, 9.17) is 0 Å². The molecule has 2 aliphatic rings. The standard InChI is InChI=1S/C18H28O2/c1-6-16(19)18-14(9-11(2)3)10-13(5)15(18)8-7-12(4)17(18)20/h9,12-15H,6-8,10H2,1-5H3. The highest BCUT2D eigenvalue weighted by Gasteiger charge is 2.63. The fourth-order valence-corrected chi connectivity index (χ4v) is 4.77. The molecule has 0 bridgehead atoms. The zero-order valence-electron chi connectivity index (χ0n) is 13.5. The Balaban J connectivity index is 2.57. The molecule has 2 aliphatic carbocycles. The topological polar surface area (TPSA) is 34.1 Å². The van der Waals surface area contributed by atoms with Gasteiger partial charge < -0.3 is 0 Å². The van der Waals surface area contributed by atoms with Crippen molar-refractivity contribution in [1.29, 1.82) is 0 Å². The first-order chi connectivity index (χ1) is 9.35. The third-order valence-electron chi connectivity index (χ3n) is 5.57. The third-order valence-corrected chi connectivity index (χ3v) is 5.57. The highest BCUT2D eigenvalue weighted by Crippen LogP contribution is 2.59. The Morgan fingerprint density at radius 3 is 2.50 bits per heavy atom. The summed E-state index contributed by atoms with van der Waals surface area (Å²) < 4.78 is 0. The molecule has 0 amide bonds. The normalized spacial score (nSPS) is 40.4. The van der Waals surface area contributed by atoms with Crippen LogP contribution >= 0.6 is 0 Å². The van der Waals surface area contributed by atoms with Crippen molar-refractivity contribution in [3.63, 3.8) is 0 Å². The summed E-state index contributed by atoms with van der Waals surface area (Å²) in [6.07, 6.45) is 5.65. The van der Waals surface area contributed by atoms with Gasteiger partial charge in [0, 0.05) is 12.3 Å². The largest absolute Gasteiger partial charge is 0.299 e. The molecule has 0 aromatic carbocycles. The second-order valence-corrected chi connectivity index (χ2v) is 7.16. The van der Waals surface area contributed by atoms with Crippen LogP contribution in [0.1, 0.15) is 60.3 Å². The Kier molecular flexibility index (Phi) is 4.22. The van der Waals surface area contributed by atoms with E-state index >= 15 is 0 Å². The minimum absolute atomic E-state index is 0.0418. The van der Waals surface area contributed by atoms with Gasteiger partial charge in [-0.15, -0.1) is 0 Å². The van der Waals surface area contributed by atoms with Gasteiger partial charge in [-0.2, -0.15) is 0 Å². The summed E-state index contributed by atoms with van der Waals surface area (Å²) in [5, 5.41) is 0. The number of allylic oxidation sites excluding steroid dienone is 2. The number of hydrogen-bond donors (Lipinski definition) is 0. The molecule has 0 saturated heterocycles. The van der Waals surface area contributed by atoms with Gasteiger partial charge in [-0.1, -0.05) is 32.4 Å². The van der Waals surface area contributed by atoms with Crippen LogP contribution in [0.25, 0.3) is 0 Å². The van der Waals surface area contributed by atoms with Crippen molar-refractivity contribution in [1.82, 2.24) is 0 Å². The smallest absolute Gasteiger partial charge is 0.150 e. The Morgan fingerprint density at radius 2 is 1.95 bits per heavy atom. The number of ketones is 2. The predicted octanol–water partition coefficient (Wildman–Crippen LogP) is 4.19. The number of rotatable bonds is 3. The molecule has 20 heavy (non-hydrogen) atoms. The molecule has 0 aromatic rings. The highest BCUT2D eigenvalue weighted by molar-refractivity contribution is 6.09. The Bertz CT molecular complexity index is 444. The van der Waals surface area contributed by atoms with Gasteiger partial charge in [0.25, 0.3) is 0 Å². The molecule has 0 N–H and O–H groups in total. The maximum Gasteiger partial charge on any atom is 0.150 e. The maximum atomic E-state index is 13.0. The molecular weight excluding hydrogens is 248 g/mol. The first kappa shape index (κ1) is 15.5. The zero-order chi connectivity index (χ0) is 15.1. The lowest BCUT2D eigenvalue weighted by Crippen LogP contribution is -2.52. The summed E-state index contributed by atoms with van der Waals surface area (Å²) in [6.45, 7) is 10.3. The van der Waals surface area contributed by atoms with Crippen LogP contribution in [0.5, 0.6) is 0 Å². The molecule has 112 valence electrons. The van der Waals surface area contributed by atoms with Crippen LogP contribution in [0, 0.1) is 29.1 Å². The van der Waals surface area contributed by atoms with Crippen molar-refractivity contribution in [3.05, 3.63) is 11.6 Å². The van der Waals surface area contributed by atoms with E-state index in [1.807, 2.05) is 13.8 Å². The molecule has 2 heteroatoms. The number of hydrogen-bond acceptors (Lipinski definition) is 2. The number of carbonyl (C=O) groups excluding carboxylic acids is 2. The summed E-state index contributed by atoms with van der Waals surface area (Å²) >= 11 is 0. The molecule has 0 heterocycles. The van der Waals surface area contributed by atoms with E-state index in [0.717, 1.165) is 19.3 Å². The van der Waals surface area contributed by atoms with Crippen LogP contribution in [-0.2, 0) is 9.59 Å². The molecule has 0 aliphatic heterocycles. The van der Waals surface area contributed by atoms with E-state index in [1.165, 1.54) is 5.57 Å². The molecule has 2 rings (SSSR count). The monoisotopic (exact) mass is 276 g/mol. The molecule has 5 unspecified atom stereocenters. The first-order valence-electron chi connectivity index (χ1n) is 8.08. The molecule has 0 aromatic heterocycles. The zero-order valence-corrected chi connectivity index (χ0v) is 13.5. The van der Waals surface area contributed by atoms with E-state index in [1.54, 1.807) is 0 Å². The molecule has 2 nitrogen and oxygen atoms in total. The predicted molar refractivity (Wildman–Crippen MR) is 81.3 cm³/mol. The lowest BCUT2D eigenvalue weighted by Gasteiger charge is -2.43. The quantitative estimate of drug-likeness (QED) is 0.572. The summed E-state index contributed by atoms with van der Waals surface area (Å²) in [5.74, 6) is 1.32. The van der Waals surface area contributed by atoms with Crippen LogP contribution in [0.3, 0.4) is 0 Å². The number of Topliss-reactive ketones (excluding diaryl/α,β-unsaturated/α-hetero) is 2. The van der Waals surface area contributed by atoms with Gasteiger partial charge in [0.2, 0.25) is 0 Å². The average molecular weight is 276 g/mol. The van der Waals surface area contributed by atoms with Crippen molar-refractivity contribution >= 4 is 11.6 Å². The summed E-state index contributed by atoms with van der Waals surface area (Å²) in [7, 11) is 0. The van der Waals surface area contributed by atoms with Crippen LogP contribution in [0.4, 0.5) is 0 Å². The van der Waals surface area contributed by atoms with Gasteiger partial charge in [-0.05, 0) is 50.9 Å². The van der Waals surface area contributed by atoms with E-state index in [-0.39, 0.29) is 29.3 Å². The molecular formula is C18H28O2. The Morgan fingerprint density at radius 1 is 1.30 bits per heavy atom. The summed E-state index contributed by atoms with van der Waals surface area (Å²) in [4.78, 5) is 25.8. The molecule has 2 fully saturated rings. The van der Waals surface area contributed by atoms with E-state index < -0.39 is 5.41 Å². The van der Waals surface area contributed by atoms with Gasteiger partial charge in [-0.25, -0.2) is 0 Å². The van der Waals surface area contributed by atoms with Gasteiger partial charge in [0.15, 0.2) is 0 Å². The lowest BCUT2D eigenvalue weighted by atomic mass is 9.57. The Hall–Kier alpha value is -0.920. The summed E-state index contributed by atoms with van der Waals surface area (Å²) in [5.41, 5.74) is 0.514. The minimum Gasteiger partial charge on any atom is -0.299 e. The molecule has 5 atom stereocenters. The number of carbonyl (C=O) groups is 2. The van der Waals surface area contributed by atoms with Crippen molar-refractivity contribution in [2.45, 2.75) is 60.3 Å². The average Bonchev–Trinajstić information content (AvgIpc) is 2.66. The minimum atomic E-state index is -0.705. The van der Waals surface area contributed by atoms with Crippen LogP contribution in [0.2, 0.25) is 0 Å². The second kappa shape index (κ2) is 5.46. The lowest BCUT2D eigenvalue weighted by molar-refractivity contribution is -0.151. The second-order valence-electron chi connectivity index (χ2n) is 7.16. The van der Waals surface area contributed by atoms with Crippen LogP contribution in [0.15, 0.2) is 11.6 Å². The van der Waals surface area contributed by atoms with Crippen molar-refractivity contribution in [2.24, 2.45) is 29.1 Å². The van der Waals surface area contributed by atoms with E-state index in [9.17, 15) is 9.59 Å². The third kappa shape index (κ3) is 2.08. The summed E-state index contributed by atoms with van der Waals surface area (Å²) in [6, 6.07) is 0. The van der Waals surface area contributed by atoms with E-state index in [0.29, 0.717) is 12.3 Å². The fourth-order valence-electron chi connectivity index (χ4n) is 4.77. The molecule has 2 saturated carbocycles. The van der Waals surface area contributed by atoms with E-state index in [2.05, 4.69) is 26.8 Å². The Labute approximate surface area is 123 Å². The van der Waals surface area contributed by atoms with Crippen molar-refractivity contribution in [2.75, 3.05) is 0 Å². The highest BCUT2D eigenvalue weighted by atomic mass is 16.2. The maximum absolute atomic E-state index is 13.0. The van der Waals surface area contributed by atoms with Crippen LogP contribution in [-0.4, -0.2) is 11.6 Å². The number of fused-ring (bicyclic) bond motifs is 1. The van der Waals surface area contributed by atoms with Gasteiger partial charge in [0.05, 0.1) is 5.41 Å². The van der Waals surface area contributed by atoms with Crippen LogP contribution < -0.4 is 0 Å². The fraction of sp³-hybridized carbons (Fsp3) is 0.778. The van der Waals surface area contributed by atoms with Gasteiger partial charge in [-0.3, -0.25) is 9.59 Å². The molecule has 0 spiro atoms. The molecule has 0 radical (unpaired) electrons.